The molecule has 3 rings (SSSR count). The van der Waals surface area contributed by atoms with E-state index in [1.54, 1.807) is 6.07 Å². The molecule has 0 fully saturated rings. The van der Waals surface area contributed by atoms with E-state index in [1.807, 2.05) is 4.72 Å². The fraction of sp³-hybridized carbons (Fsp3) is 0.0526. The van der Waals surface area contributed by atoms with Crippen LogP contribution >= 0.6 is 23.2 Å². The number of carbonyl (C=O) groups excluding carboxylic acids is 1. The van der Waals surface area contributed by atoms with Crippen molar-refractivity contribution in [3.05, 3.63) is 76.2 Å². The molecule has 0 saturated heterocycles. The molecule has 0 spiro atoms. The van der Waals surface area contributed by atoms with E-state index in [0.29, 0.717) is 5.02 Å². The monoisotopic (exact) mass is 454 g/mol. The van der Waals surface area contributed by atoms with Crippen molar-refractivity contribution in [2.24, 2.45) is 0 Å². The molecule has 1 aromatic heterocycles. The number of hydrogen-bond donors (Lipinski definition) is 1. The molecule has 0 unspecified atom stereocenters. The minimum Gasteiger partial charge on any atom is -0.496 e. The van der Waals surface area contributed by atoms with Gasteiger partial charge in [-0.2, -0.15) is 0 Å². The minimum absolute atomic E-state index is 0.00493. The van der Waals surface area contributed by atoms with Crippen LogP contribution in [0, 0.1) is 5.82 Å². The molecule has 10 heteroatoms. The van der Waals surface area contributed by atoms with E-state index in [2.05, 4.69) is 4.98 Å². The molecule has 0 bridgehead atoms. The van der Waals surface area contributed by atoms with Crippen LogP contribution in [-0.4, -0.2) is 26.4 Å². The maximum atomic E-state index is 14.2. The van der Waals surface area contributed by atoms with Crippen molar-refractivity contribution in [2.45, 2.75) is 4.90 Å². The lowest BCUT2D eigenvalue weighted by molar-refractivity contribution is 0.0981. The number of rotatable bonds is 5. The van der Waals surface area contributed by atoms with Gasteiger partial charge < -0.3 is 4.74 Å². The SMILES string of the molecule is COc1cccc(F)c1-c1ccc(S(=O)(=O)NC(=O)c2ccc(Cl)cc2Cl)cn1. The fourth-order valence-electron chi connectivity index (χ4n) is 2.52. The maximum absolute atomic E-state index is 14.2. The summed E-state index contributed by atoms with van der Waals surface area (Å²) in [5.41, 5.74) is 0.210. The van der Waals surface area contributed by atoms with Gasteiger partial charge in [-0.05, 0) is 42.5 Å². The quantitative estimate of drug-likeness (QED) is 0.620. The highest BCUT2D eigenvalue weighted by molar-refractivity contribution is 7.90. The first-order valence-electron chi connectivity index (χ1n) is 8.04. The molecule has 29 heavy (non-hydrogen) atoms. The minimum atomic E-state index is -4.24. The number of halogens is 3. The Morgan fingerprint density at radius 2 is 1.90 bits per heavy atom. The average molecular weight is 455 g/mol. The number of methoxy groups -OCH3 is 1. The second-order valence-corrected chi connectivity index (χ2v) is 8.28. The summed E-state index contributed by atoms with van der Waals surface area (Å²) >= 11 is 11.7. The molecule has 0 aliphatic heterocycles. The third-order valence-electron chi connectivity index (χ3n) is 3.90. The van der Waals surface area contributed by atoms with Crippen LogP contribution in [0.4, 0.5) is 4.39 Å². The second-order valence-electron chi connectivity index (χ2n) is 5.76. The van der Waals surface area contributed by atoms with Crippen molar-refractivity contribution >= 4 is 39.1 Å². The number of sulfonamides is 1. The highest BCUT2D eigenvalue weighted by atomic mass is 35.5. The Balaban J connectivity index is 1.88. The molecule has 0 saturated carbocycles. The lowest BCUT2D eigenvalue weighted by Crippen LogP contribution is -2.30. The van der Waals surface area contributed by atoms with E-state index in [-0.39, 0.29) is 32.5 Å². The van der Waals surface area contributed by atoms with E-state index in [0.717, 1.165) is 6.20 Å². The average Bonchev–Trinajstić information content (AvgIpc) is 2.67. The maximum Gasteiger partial charge on any atom is 0.266 e. The molecular weight excluding hydrogens is 442 g/mol. The Labute approximate surface area is 176 Å². The van der Waals surface area contributed by atoms with Gasteiger partial charge in [0.15, 0.2) is 0 Å². The summed E-state index contributed by atoms with van der Waals surface area (Å²) in [6.07, 6.45) is 1.01. The first-order valence-corrected chi connectivity index (χ1v) is 10.3. The first-order chi connectivity index (χ1) is 13.7. The van der Waals surface area contributed by atoms with Gasteiger partial charge in [-0.25, -0.2) is 17.5 Å². The van der Waals surface area contributed by atoms with Crippen molar-refractivity contribution in [1.29, 1.82) is 0 Å². The third-order valence-corrected chi connectivity index (χ3v) is 5.76. The summed E-state index contributed by atoms with van der Waals surface area (Å²) in [7, 11) is -2.85. The molecule has 0 aliphatic carbocycles. The smallest absolute Gasteiger partial charge is 0.266 e. The van der Waals surface area contributed by atoms with Crippen LogP contribution in [0.5, 0.6) is 5.75 Å². The van der Waals surface area contributed by atoms with Crippen LogP contribution in [0.3, 0.4) is 0 Å². The van der Waals surface area contributed by atoms with Crippen LogP contribution in [0.2, 0.25) is 10.0 Å². The predicted molar refractivity (Wildman–Crippen MR) is 107 cm³/mol. The van der Waals surface area contributed by atoms with Gasteiger partial charge in [0.05, 0.1) is 29.0 Å². The second kappa shape index (κ2) is 8.36. The van der Waals surface area contributed by atoms with Gasteiger partial charge in [-0.3, -0.25) is 9.78 Å². The van der Waals surface area contributed by atoms with Gasteiger partial charge in [0.2, 0.25) is 0 Å². The molecule has 3 aromatic rings. The number of carbonyl (C=O) groups is 1. The van der Waals surface area contributed by atoms with Crippen molar-refractivity contribution in [3.63, 3.8) is 0 Å². The zero-order valence-electron chi connectivity index (χ0n) is 14.8. The number of amides is 1. The standard InChI is InChI=1S/C19H13Cl2FN2O4S/c1-28-17-4-2-3-15(22)18(17)16-8-6-12(10-23-16)29(26,27)24-19(25)13-7-5-11(20)9-14(13)21/h2-10H,1H3,(H,24,25). The fourth-order valence-corrected chi connectivity index (χ4v) is 3.92. The zero-order valence-corrected chi connectivity index (χ0v) is 17.1. The highest BCUT2D eigenvalue weighted by Crippen LogP contribution is 2.31. The van der Waals surface area contributed by atoms with Gasteiger partial charge in [0.1, 0.15) is 16.5 Å². The number of ether oxygens (including phenoxy) is 1. The number of hydrogen-bond acceptors (Lipinski definition) is 5. The summed E-state index contributed by atoms with van der Waals surface area (Å²) in [6, 6.07) is 10.8. The summed E-state index contributed by atoms with van der Waals surface area (Å²) in [5.74, 6) is -1.25. The van der Waals surface area contributed by atoms with E-state index >= 15 is 0 Å². The number of nitrogens with one attached hydrogen (secondary N) is 1. The van der Waals surface area contributed by atoms with Gasteiger partial charge in [-0.15, -0.1) is 0 Å². The summed E-state index contributed by atoms with van der Waals surface area (Å²) in [6.45, 7) is 0. The molecule has 2 aromatic carbocycles. The number of nitrogens with zero attached hydrogens (tertiary/aromatic N) is 1. The van der Waals surface area contributed by atoms with Gasteiger partial charge >= 0.3 is 0 Å². The Bertz CT molecular complexity index is 1190. The van der Waals surface area contributed by atoms with E-state index in [1.165, 1.54) is 49.6 Å². The van der Waals surface area contributed by atoms with E-state index < -0.39 is 21.7 Å². The van der Waals surface area contributed by atoms with Crippen molar-refractivity contribution in [1.82, 2.24) is 9.71 Å². The van der Waals surface area contributed by atoms with Crippen molar-refractivity contribution in [3.8, 4) is 17.0 Å². The molecule has 150 valence electrons. The molecule has 1 amide bonds. The van der Waals surface area contributed by atoms with Crippen LogP contribution in [0.25, 0.3) is 11.3 Å². The number of benzene rings is 2. The number of aromatic nitrogens is 1. The van der Waals surface area contributed by atoms with Crippen LogP contribution in [0.1, 0.15) is 10.4 Å². The Hall–Kier alpha value is -2.68. The lowest BCUT2D eigenvalue weighted by Gasteiger charge is -2.11. The largest absolute Gasteiger partial charge is 0.496 e. The predicted octanol–water partition coefficient (Wildman–Crippen LogP) is 4.32. The Kier molecular flexibility index (Phi) is 6.07. The molecule has 1 heterocycles. The molecule has 0 aliphatic rings. The van der Waals surface area contributed by atoms with Crippen molar-refractivity contribution < 1.29 is 22.3 Å². The molecule has 1 N–H and O–H groups in total. The molecular formula is C19H13Cl2FN2O4S. The highest BCUT2D eigenvalue weighted by Gasteiger charge is 2.22. The molecule has 0 atom stereocenters. The normalized spacial score (nSPS) is 11.2. The summed E-state index contributed by atoms with van der Waals surface area (Å²) in [5, 5.41) is 0.308. The summed E-state index contributed by atoms with van der Waals surface area (Å²) in [4.78, 5) is 16.0. The first kappa shape index (κ1) is 21.0. The Morgan fingerprint density at radius 1 is 1.14 bits per heavy atom. The topological polar surface area (TPSA) is 85.4 Å². The van der Waals surface area contributed by atoms with Crippen LogP contribution in [-0.2, 0) is 10.0 Å². The van der Waals surface area contributed by atoms with Gasteiger partial charge in [0, 0.05) is 11.2 Å². The van der Waals surface area contributed by atoms with Crippen LogP contribution in [0.15, 0.2) is 59.6 Å². The van der Waals surface area contributed by atoms with E-state index in [4.69, 9.17) is 27.9 Å². The Morgan fingerprint density at radius 3 is 2.52 bits per heavy atom. The molecule has 0 radical (unpaired) electrons. The van der Waals surface area contributed by atoms with Crippen LogP contribution < -0.4 is 9.46 Å². The van der Waals surface area contributed by atoms with Gasteiger partial charge in [0.25, 0.3) is 15.9 Å². The number of pyridine rings is 1. The van der Waals surface area contributed by atoms with Gasteiger partial charge in [-0.1, -0.05) is 29.3 Å². The van der Waals surface area contributed by atoms with Crippen molar-refractivity contribution in [2.75, 3.05) is 7.11 Å². The zero-order chi connectivity index (χ0) is 21.2. The third kappa shape index (κ3) is 4.50. The lowest BCUT2D eigenvalue weighted by atomic mass is 10.1. The molecule has 6 nitrogen and oxygen atoms in total. The summed E-state index contributed by atoms with van der Waals surface area (Å²) < 4.78 is 46.2. The van der Waals surface area contributed by atoms with E-state index in [9.17, 15) is 17.6 Å².